The van der Waals surface area contributed by atoms with Gasteiger partial charge in [0.05, 0.1) is 6.07 Å². The molecule has 1 atom stereocenters. The summed E-state index contributed by atoms with van der Waals surface area (Å²) >= 11 is 0. The normalized spacial score (nSPS) is 14.6. The van der Waals surface area contributed by atoms with Crippen LogP contribution in [0.25, 0.3) is 0 Å². The van der Waals surface area contributed by atoms with Crippen molar-refractivity contribution in [2.24, 2.45) is 0 Å². The predicted molar refractivity (Wildman–Crippen MR) is 70.9 cm³/mol. The molecule has 0 aliphatic carbocycles. The minimum absolute atomic E-state index is 0.397. The van der Waals surface area contributed by atoms with Crippen molar-refractivity contribution in [3.63, 3.8) is 0 Å². The average molecular weight is 241 g/mol. The molecule has 1 unspecified atom stereocenters. The van der Waals surface area contributed by atoms with Gasteiger partial charge in [0.25, 0.3) is 0 Å². The van der Waals surface area contributed by atoms with Gasteiger partial charge in [0, 0.05) is 26.8 Å². The molecule has 0 aromatic carbocycles. The van der Waals surface area contributed by atoms with E-state index in [9.17, 15) is 5.26 Å². The molecule has 0 aliphatic rings. The molecule has 0 radical (unpaired) electrons. The van der Waals surface area contributed by atoms with Gasteiger partial charge in [-0.05, 0) is 39.8 Å². The molecule has 0 spiro atoms. The van der Waals surface area contributed by atoms with Crippen LogP contribution >= 0.6 is 0 Å². The van der Waals surface area contributed by atoms with Gasteiger partial charge >= 0.3 is 0 Å². The minimum atomic E-state index is -0.397. The van der Waals surface area contributed by atoms with E-state index in [2.05, 4.69) is 30.3 Å². The largest absolute Gasteiger partial charge is 0.385 e. The number of nitrogens with one attached hydrogen (secondary N) is 1. The van der Waals surface area contributed by atoms with Crippen LogP contribution in [0, 0.1) is 11.3 Å². The van der Waals surface area contributed by atoms with Crippen LogP contribution in [0.1, 0.15) is 33.1 Å². The zero-order valence-electron chi connectivity index (χ0n) is 11.8. The maximum absolute atomic E-state index is 9.19. The van der Waals surface area contributed by atoms with Crippen molar-refractivity contribution >= 4 is 0 Å². The van der Waals surface area contributed by atoms with Gasteiger partial charge in [0.1, 0.15) is 5.54 Å². The Balaban J connectivity index is 3.85. The molecule has 0 aliphatic heterocycles. The fraction of sp³-hybridized carbons (Fsp3) is 0.923. The van der Waals surface area contributed by atoms with E-state index in [0.29, 0.717) is 0 Å². The first kappa shape index (κ1) is 16.4. The van der Waals surface area contributed by atoms with E-state index in [1.54, 1.807) is 7.11 Å². The summed E-state index contributed by atoms with van der Waals surface area (Å²) in [6.07, 6.45) is 2.95. The maximum Gasteiger partial charge on any atom is 0.105 e. The van der Waals surface area contributed by atoms with Gasteiger partial charge in [-0.3, -0.25) is 5.32 Å². The maximum atomic E-state index is 9.19. The van der Waals surface area contributed by atoms with Crippen LogP contribution in [0.4, 0.5) is 0 Å². The first-order valence-electron chi connectivity index (χ1n) is 6.41. The van der Waals surface area contributed by atoms with Crippen molar-refractivity contribution < 1.29 is 4.74 Å². The molecule has 0 fully saturated rings. The van der Waals surface area contributed by atoms with Gasteiger partial charge in [0.2, 0.25) is 0 Å². The molecular formula is C13H27N3O. The molecule has 0 rings (SSSR count). The summed E-state index contributed by atoms with van der Waals surface area (Å²) in [4.78, 5) is 2.25. The number of ether oxygens (including phenoxy) is 1. The van der Waals surface area contributed by atoms with Crippen molar-refractivity contribution in [2.45, 2.75) is 38.6 Å². The smallest absolute Gasteiger partial charge is 0.105 e. The second-order valence-electron chi connectivity index (χ2n) is 4.77. The Labute approximate surface area is 106 Å². The first-order chi connectivity index (χ1) is 8.08. The lowest BCUT2D eigenvalue weighted by Gasteiger charge is -2.26. The SMILES string of the molecule is CCCNC(C)(C#N)CCN(C)CCCOC. The van der Waals surface area contributed by atoms with Crippen LogP contribution in [0.2, 0.25) is 0 Å². The van der Waals surface area contributed by atoms with E-state index in [1.165, 1.54) is 0 Å². The monoisotopic (exact) mass is 241 g/mol. The third-order valence-electron chi connectivity index (χ3n) is 2.89. The molecule has 4 nitrogen and oxygen atoms in total. The van der Waals surface area contributed by atoms with Crippen LogP contribution in [0.15, 0.2) is 0 Å². The van der Waals surface area contributed by atoms with E-state index in [1.807, 2.05) is 6.92 Å². The standard InChI is InChI=1S/C13H27N3O/c1-5-8-15-13(2,12-14)7-10-16(3)9-6-11-17-4/h15H,5-11H2,1-4H3. The zero-order valence-corrected chi connectivity index (χ0v) is 11.8. The third kappa shape index (κ3) is 8.14. The Morgan fingerprint density at radius 3 is 2.65 bits per heavy atom. The Morgan fingerprint density at radius 2 is 2.12 bits per heavy atom. The second-order valence-corrected chi connectivity index (χ2v) is 4.77. The highest BCUT2D eigenvalue weighted by molar-refractivity contribution is 5.03. The molecule has 0 amide bonds. The molecule has 0 saturated carbocycles. The number of methoxy groups -OCH3 is 1. The summed E-state index contributed by atoms with van der Waals surface area (Å²) in [5.74, 6) is 0. The summed E-state index contributed by atoms with van der Waals surface area (Å²) in [5, 5.41) is 12.5. The zero-order chi connectivity index (χ0) is 13.1. The molecule has 1 N–H and O–H groups in total. The van der Waals surface area contributed by atoms with Crippen molar-refractivity contribution in [2.75, 3.05) is 40.4 Å². The highest BCUT2D eigenvalue weighted by Gasteiger charge is 2.22. The third-order valence-corrected chi connectivity index (χ3v) is 2.89. The van der Waals surface area contributed by atoms with Gasteiger partial charge in [-0.2, -0.15) is 5.26 Å². The molecule has 100 valence electrons. The highest BCUT2D eigenvalue weighted by Crippen LogP contribution is 2.09. The van der Waals surface area contributed by atoms with Crippen molar-refractivity contribution in [3.05, 3.63) is 0 Å². The molecule has 17 heavy (non-hydrogen) atoms. The Kier molecular flexibility index (Phi) is 9.06. The van der Waals surface area contributed by atoms with Crippen LogP contribution < -0.4 is 5.32 Å². The van der Waals surface area contributed by atoms with Crippen molar-refractivity contribution in [3.8, 4) is 6.07 Å². The van der Waals surface area contributed by atoms with Gasteiger partial charge in [-0.1, -0.05) is 6.92 Å². The Hall–Kier alpha value is -0.630. The minimum Gasteiger partial charge on any atom is -0.385 e. The van der Waals surface area contributed by atoms with Gasteiger partial charge < -0.3 is 9.64 Å². The number of rotatable bonds is 10. The van der Waals surface area contributed by atoms with Gasteiger partial charge in [-0.15, -0.1) is 0 Å². The summed E-state index contributed by atoms with van der Waals surface area (Å²) in [7, 11) is 3.81. The molecule has 0 aromatic rings. The van der Waals surface area contributed by atoms with E-state index in [0.717, 1.165) is 45.5 Å². The molecule has 0 heterocycles. The average Bonchev–Trinajstić information content (AvgIpc) is 2.34. The van der Waals surface area contributed by atoms with Crippen LogP contribution in [-0.4, -0.2) is 50.8 Å². The number of hydrogen-bond acceptors (Lipinski definition) is 4. The van der Waals surface area contributed by atoms with Crippen LogP contribution in [-0.2, 0) is 4.74 Å². The fourth-order valence-electron chi connectivity index (χ4n) is 1.59. The molecule has 0 saturated heterocycles. The summed E-state index contributed by atoms with van der Waals surface area (Å²) < 4.78 is 5.02. The summed E-state index contributed by atoms with van der Waals surface area (Å²) in [5.41, 5.74) is -0.397. The molecule has 0 bridgehead atoms. The molecule has 4 heteroatoms. The Bertz CT molecular complexity index is 227. The van der Waals surface area contributed by atoms with E-state index in [4.69, 9.17) is 4.74 Å². The van der Waals surface area contributed by atoms with Gasteiger partial charge in [-0.25, -0.2) is 0 Å². The summed E-state index contributed by atoms with van der Waals surface area (Å²) in [6.45, 7) is 7.74. The van der Waals surface area contributed by atoms with E-state index in [-0.39, 0.29) is 0 Å². The van der Waals surface area contributed by atoms with E-state index >= 15 is 0 Å². The second kappa shape index (κ2) is 9.41. The topological polar surface area (TPSA) is 48.3 Å². The molecular weight excluding hydrogens is 214 g/mol. The predicted octanol–water partition coefficient (Wildman–Crippen LogP) is 1.63. The fourth-order valence-corrected chi connectivity index (χ4v) is 1.59. The van der Waals surface area contributed by atoms with Crippen LogP contribution in [0.5, 0.6) is 0 Å². The lowest BCUT2D eigenvalue weighted by Crippen LogP contribution is -2.43. The number of nitrogens with zero attached hydrogens (tertiary/aromatic N) is 2. The number of nitriles is 1. The van der Waals surface area contributed by atoms with E-state index < -0.39 is 5.54 Å². The molecule has 0 aromatic heterocycles. The van der Waals surface area contributed by atoms with Gasteiger partial charge in [0.15, 0.2) is 0 Å². The Morgan fingerprint density at radius 1 is 1.41 bits per heavy atom. The van der Waals surface area contributed by atoms with Crippen molar-refractivity contribution in [1.82, 2.24) is 10.2 Å². The quantitative estimate of drug-likeness (QED) is 0.591. The summed E-state index contributed by atoms with van der Waals surface area (Å²) in [6, 6.07) is 2.37. The van der Waals surface area contributed by atoms with Crippen molar-refractivity contribution in [1.29, 1.82) is 5.26 Å². The lowest BCUT2D eigenvalue weighted by molar-refractivity contribution is 0.177. The lowest BCUT2D eigenvalue weighted by atomic mass is 9.99. The van der Waals surface area contributed by atoms with Crippen LogP contribution in [0.3, 0.4) is 0 Å². The highest BCUT2D eigenvalue weighted by atomic mass is 16.5. The number of hydrogen-bond donors (Lipinski definition) is 1. The first-order valence-corrected chi connectivity index (χ1v) is 6.41.